The van der Waals surface area contributed by atoms with E-state index in [4.69, 9.17) is 9.84 Å². The van der Waals surface area contributed by atoms with Crippen LogP contribution in [0.25, 0.3) is 5.82 Å². The number of carbonyl (C=O) groups excluding carboxylic acids is 2. The predicted octanol–water partition coefficient (Wildman–Crippen LogP) is 1.33. The Balaban J connectivity index is 1.47. The largest absolute Gasteiger partial charge is 0.481 e. The standard InChI is InChI=1S/C22H27N5O6/c1-12(2)16(11-33-19(30)5-3-4-18(28)29)24-22(31)20-15-9-13-8-14(13)21(15)27(25-20)17-10-26(32)7-6-23-17/h6-7,10,12-14,16H,3-5,8-9,11H2,1-2H3,(H2-,23,24,28,29,31,32)/p+1/t13-,14-,16-/m1/s1. The van der Waals surface area contributed by atoms with Gasteiger partial charge in [0.05, 0.1) is 22.4 Å². The first kappa shape index (κ1) is 22.7. The van der Waals surface area contributed by atoms with Gasteiger partial charge in [-0.1, -0.05) is 13.8 Å². The SMILES string of the molecule is CC(C)[C@@H](COC(=O)CCCC(=O)O)NC(=O)c1nn(-c2c[n+](=O)cc[nH]2)c2c1C[C@H]1C[C@@H]21. The summed E-state index contributed by atoms with van der Waals surface area (Å²) in [5, 5.41) is 16.1. The van der Waals surface area contributed by atoms with Crippen LogP contribution in [0.5, 0.6) is 0 Å². The number of fused-ring (bicyclic) bond motifs is 3. The minimum atomic E-state index is -0.960. The molecule has 1 saturated carbocycles. The highest BCUT2D eigenvalue weighted by atomic mass is 16.5. The minimum absolute atomic E-state index is 0.00783. The van der Waals surface area contributed by atoms with Crippen molar-refractivity contribution in [2.45, 2.75) is 57.9 Å². The molecule has 0 aromatic carbocycles. The van der Waals surface area contributed by atoms with E-state index in [1.165, 1.54) is 18.6 Å². The Bertz CT molecular complexity index is 1140. The van der Waals surface area contributed by atoms with E-state index >= 15 is 0 Å². The molecular formula is C22H28N5O6+. The van der Waals surface area contributed by atoms with Crippen molar-refractivity contribution < 1.29 is 28.7 Å². The number of carboxylic acids is 1. The van der Waals surface area contributed by atoms with Crippen LogP contribution < -0.4 is 9.74 Å². The highest BCUT2D eigenvalue weighted by molar-refractivity contribution is 5.94. The predicted molar refractivity (Wildman–Crippen MR) is 114 cm³/mol. The molecule has 2 heterocycles. The lowest BCUT2D eigenvalue weighted by atomic mass is 10.0. The summed E-state index contributed by atoms with van der Waals surface area (Å²) in [7, 11) is 0. The van der Waals surface area contributed by atoms with E-state index in [2.05, 4.69) is 15.4 Å². The molecule has 0 bridgehead atoms. The lowest BCUT2D eigenvalue weighted by molar-refractivity contribution is -0.495. The Morgan fingerprint density at radius 3 is 2.85 bits per heavy atom. The van der Waals surface area contributed by atoms with Crippen LogP contribution in [0.3, 0.4) is 0 Å². The fourth-order valence-corrected chi connectivity index (χ4v) is 4.27. The molecule has 0 spiro atoms. The Labute approximate surface area is 189 Å². The van der Waals surface area contributed by atoms with Crippen LogP contribution in [0.1, 0.15) is 67.2 Å². The van der Waals surface area contributed by atoms with Crippen LogP contribution in [0.15, 0.2) is 18.6 Å². The van der Waals surface area contributed by atoms with Gasteiger partial charge in [-0.2, -0.15) is 5.10 Å². The van der Waals surface area contributed by atoms with Crippen molar-refractivity contribution in [1.82, 2.24) is 20.1 Å². The maximum atomic E-state index is 13.2. The molecule has 3 atom stereocenters. The van der Waals surface area contributed by atoms with Gasteiger partial charge in [0.25, 0.3) is 12.1 Å². The van der Waals surface area contributed by atoms with E-state index in [0.717, 1.165) is 24.1 Å². The Morgan fingerprint density at radius 2 is 2.15 bits per heavy atom. The van der Waals surface area contributed by atoms with Crippen molar-refractivity contribution >= 4 is 17.8 Å². The molecule has 2 aromatic heterocycles. The average molecular weight is 458 g/mol. The number of H-pyrrole nitrogens is 1. The number of carboxylic acid groups (broad SMARTS) is 1. The number of aromatic nitrogens is 4. The average Bonchev–Trinajstić information content (AvgIpc) is 3.25. The molecule has 3 N–H and O–H groups in total. The zero-order valence-corrected chi connectivity index (χ0v) is 18.6. The number of esters is 1. The summed E-state index contributed by atoms with van der Waals surface area (Å²) in [4.78, 5) is 50.4. The molecule has 11 nitrogen and oxygen atoms in total. The van der Waals surface area contributed by atoms with Gasteiger partial charge in [-0.05, 0) is 31.1 Å². The maximum Gasteiger partial charge on any atom is 0.305 e. The lowest BCUT2D eigenvalue weighted by Gasteiger charge is -2.22. The number of amides is 1. The van der Waals surface area contributed by atoms with E-state index in [1.54, 1.807) is 4.68 Å². The molecule has 2 aliphatic rings. The molecule has 33 heavy (non-hydrogen) atoms. The molecule has 11 heteroatoms. The van der Waals surface area contributed by atoms with Gasteiger partial charge in [-0.3, -0.25) is 14.4 Å². The maximum absolute atomic E-state index is 13.2. The van der Waals surface area contributed by atoms with Gasteiger partial charge in [0, 0.05) is 29.2 Å². The summed E-state index contributed by atoms with van der Waals surface area (Å²) in [6.07, 6.45) is 6.20. The number of nitrogens with zero attached hydrogens (tertiary/aromatic N) is 3. The topological polar surface area (TPSA) is 149 Å². The molecule has 1 amide bonds. The van der Waals surface area contributed by atoms with Crippen LogP contribution in [0, 0.1) is 16.7 Å². The first-order valence-electron chi connectivity index (χ1n) is 11.2. The second-order valence-electron chi connectivity index (χ2n) is 9.02. The summed E-state index contributed by atoms with van der Waals surface area (Å²) in [5.74, 6) is -0.470. The second kappa shape index (κ2) is 9.16. The minimum Gasteiger partial charge on any atom is -0.481 e. The third kappa shape index (κ3) is 4.96. The molecule has 2 aromatic rings. The number of carbonyl (C=O) groups is 3. The summed E-state index contributed by atoms with van der Waals surface area (Å²) >= 11 is 0. The van der Waals surface area contributed by atoms with Crippen molar-refractivity contribution in [2.75, 3.05) is 6.61 Å². The fraction of sp³-hybridized carbons (Fsp3) is 0.545. The Hall–Kier alpha value is -3.50. The first-order chi connectivity index (χ1) is 15.7. The fourth-order valence-electron chi connectivity index (χ4n) is 4.27. The Kier molecular flexibility index (Phi) is 6.30. The van der Waals surface area contributed by atoms with E-state index < -0.39 is 18.0 Å². The number of aromatic amines is 1. The van der Waals surface area contributed by atoms with Gasteiger partial charge < -0.3 is 20.1 Å². The molecule has 2 aliphatic carbocycles. The van der Waals surface area contributed by atoms with Crippen molar-refractivity contribution in [3.63, 3.8) is 0 Å². The smallest absolute Gasteiger partial charge is 0.305 e. The van der Waals surface area contributed by atoms with Crippen molar-refractivity contribution in [2.24, 2.45) is 11.8 Å². The van der Waals surface area contributed by atoms with Crippen LogP contribution in [0.4, 0.5) is 0 Å². The number of hydrogen-bond acceptors (Lipinski definition) is 6. The third-order valence-corrected chi connectivity index (χ3v) is 6.23. The highest BCUT2D eigenvalue weighted by Crippen LogP contribution is 2.57. The molecule has 1 fully saturated rings. The number of hydrogen-bond donors (Lipinski definition) is 3. The lowest BCUT2D eigenvalue weighted by Crippen LogP contribution is -2.42. The number of rotatable bonds is 10. The molecule has 0 radical (unpaired) electrons. The van der Waals surface area contributed by atoms with E-state index in [1.807, 2.05) is 13.8 Å². The number of nitrogens with one attached hydrogen (secondary N) is 2. The molecule has 0 saturated heterocycles. The molecule has 4 rings (SSSR count). The van der Waals surface area contributed by atoms with Gasteiger partial charge in [-0.25, -0.2) is 4.68 Å². The summed E-state index contributed by atoms with van der Waals surface area (Å²) in [6, 6.07) is -0.426. The van der Waals surface area contributed by atoms with Crippen molar-refractivity contribution in [3.05, 3.63) is 40.4 Å². The van der Waals surface area contributed by atoms with Gasteiger partial charge in [0.2, 0.25) is 12.0 Å². The van der Waals surface area contributed by atoms with Gasteiger partial charge in [0.1, 0.15) is 6.61 Å². The molecule has 176 valence electrons. The normalized spacial score (nSPS) is 19.0. The summed E-state index contributed by atoms with van der Waals surface area (Å²) in [5.41, 5.74) is 2.19. The van der Waals surface area contributed by atoms with Crippen LogP contribution in [-0.2, 0) is 20.7 Å². The number of aliphatic carboxylic acids is 1. The molecule has 0 unspecified atom stereocenters. The van der Waals surface area contributed by atoms with Crippen molar-refractivity contribution in [3.8, 4) is 5.82 Å². The Morgan fingerprint density at radius 1 is 1.36 bits per heavy atom. The van der Waals surface area contributed by atoms with Gasteiger partial charge in [-0.15, -0.1) is 0 Å². The van der Waals surface area contributed by atoms with E-state index in [9.17, 15) is 19.3 Å². The van der Waals surface area contributed by atoms with Crippen LogP contribution >= 0.6 is 0 Å². The number of ether oxygens (including phenoxy) is 1. The van der Waals surface area contributed by atoms with E-state index in [-0.39, 0.29) is 37.7 Å². The third-order valence-electron chi connectivity index (χ3n) is 6.23. The van der Waals surface area contributed by atoms with Crippen LogP contribution in [-0.4, -0.2) is 50.4 Å². The van der Waals surface area contributed by atoms with Gasteiger partial charge in [0.15, 0.2) is 5.69 Å². The molecule has 0 aliphatic heterocycles. The highest BCUT2D eigenvalue weighted by Gasteiger charge is 2.50. The second-order valence-corrected chi connectivity index (χ2v) is 9.02. The van der Waals surface area contributed by atoms with Crippen molar-refractivity contribution in [1.29, 1.82) is 0 Å². The quantitative estimate of drug-likeness (QED) is 0.359. The zero-order valence-electron chi connectivity index (χ0n) is 18.6. The van der Waals surface area contributed by atoms with Gasteiger partial charge >= 0.3 is 11.9 Å². The summed E-state index contributed by atoms with van der Waals surface area (Å²) < 4.78 is 7.61. The summed E-state index contributed by atoms with van der Waals surface area (Å²) in [6.45, 7) is 3.81. The van der Waals surface area contributed by atoms with Crippen LogP contribution in [0.2, 0.25) is 0 Å². The monoisotopic (exact) mass is 458 g/mol. The van der Waals surface area contributed by atoms with E-state index in [0.29, 0.717) is 27.8 Å². The molecular weight excluding hydrogens is 430 g/mol. The first-order valence-corrected chi connectivity index (χ1v) is 11.2. The zero-order chi connectivity index (χ0) is 23.7.